The quantitative estimate of drug-likeness (QED) is 0.733. The summed E-state index contributed by atoms with van der Waals surface area (Å²) in [6.07, 6.45) is -2.82. The van der Waals surface area contributed by atoms with Crippen molar-refractivity contribution in [3.05, 3.63) is 23.5 Å². The van der Waals surface area contributed by atoms with Crippen LogP contribution < -0.4 is 5.73 Å². The Hall–Kier alpha value is -1.72. The van der Waals surface area contributed by atoms with Crippen LogP contribution in [0.4, 0.5) is 14.5 Å². The molecule has 6 heteroatoms. The number of nitrogen functional groups attached to an aromatic ring is 1. The van der Waals surface area contributed by atoms with Crippen molar-refractivity contribution in [2.45, 2.75) is 6.43 Å². The minimum Gasteiger partial charge on any atom is -0.477 e. The first-order chi connectivity index (χ1) is 6.00. The van der Waals surface area contributed by atoms with Crippen LogP contribution in [0.2, 0.25) is 0 Å². The van der Waals surface area contributed by atoms with Gasteiger partial charge in [-0.3, -0.25) is 0 Å². The number of halogens is 2. The van der Waals surface area contributed by atoms with Gasteiger partial charge in [-0.05, 0) is 12.1 Å². The van der Waals surface area contributed by atoms with Crippen molar-refractivity contribution in [2.24, 2.45) is 0 Å². The lowest BCUT2D eigenvalue weighted by atomic mass is 10.2. The molecular formula is C7H6F2N2O2. The van der Waals surface area contributed by atoms with Gasteiger partial charge in [0.1, 0.15) is 5.69 Å². The molecule has 0 aromatic carbocycles. The minimum absolute atomic E-state index is 0.0392. The first-order valence-electron chi connectivity index (χ1n) is 3.29. The lowest BCUT2D eigenvalue weighted by Gasteiger charge is -2.01. The molecule has 1 aromatic rings. The molecule has 0 aliphatic heterocycles. The predicted octanol–water partition coefficient (Wildman–Crippen LogP) is 1.30. The number of pyridine rings is 1. The van der Waals surface area contributed by atoms with E-state index in [0.717, 1.165) is 12.1 Å². The first-order valence-corrected chi connectivity index (χ1v) is 3.29. The van der Waals surface area contributed by atoms with Gasteiger partial charge < -0.3 is 10.8 Å². The lowest BCUT2D eigenvalue weighted by molar-refractivity contribution is 0.0689. The number of alkyl halides is 2. The van der Waals surface area contributed by atoms with Crippen molar-refractivity contribution in [1.82, 2.24) is 4.98 Å². The van der Waals surface area contributed by atoms with Gasteiger partial charge in [-0.15, -0.1) is 0 Å². The largest absolute Gasteiger partial charge is 0.477 e. The Labute approximate surface area is 72.0 Å². The third kappa shape index (κ3) is 2.11. The number of carbonyl (C=O) groups is 1. The maximum Gasteiger partial charge on any atom is 0.354 e. The van der Waals surface area contributed by atoms with E-state index < -0.39 is 23.8 Å². The van der Waals surface area contributed by atoms with E-state index >= 15 is 0 Å². The van der Waals surface area contributed by atoms with Crippen LogP contribution in [0.1, 0.15) is 22.6 Å². The molecule has 13 heavy (non-hydrogen) atoms. The van der Waals surface area contributed by atoms with E-state index in [-0.39, 0.29) is 5.69 Å². The molecule has 0 saturated carbocycles. The number of hydrogen-bond acceptors (Lipinski definition) is 3. The van der Waals surface area contributed by atoms with Gasteiger partial charge in [-0.25, -0.2) is 18.6 Å². The van der Waals surface area contributed by atoms with E-state index in [0.29, 0.717) is 0 Å². The van der Waals surface area contributed by atoms with Gasteiger partial charge in [0.2, 0.25) is 0 Å². The Morgan fingerprint density at radius 1 is 1.54 bits per heavy atom. The summed E-state index contributed by atoms with van der Waals surface area (Å²) in [5.74, 6) is -1.38. The van der Waals surface area contributed by atoms with Gasteiger partial charge in [-0.2, -0.15) is 0 Å². The van der Waals surface area contributed by atoms with Crippen LogP contribution in [-0.2, 0) is 0 Å². The normalized spacial score (nSPS) is 10.4. The summed E-state index contributed by atoms with van der Waals surface area (Å²) in [5, 5.41) is 8.45. The zero-order valence-electron chi connectivity index (χ0n) is 6.37. The molecule has 3 N–H and O–H groups in total. The van der Waals surface area contributed by atoms with Gasteiger partial charge in [0, 0.05) is 5.69 Å². The number of nitrogens with zero attached hydrogens (tertiary/aromatic N) is 1. The number of carboxylic acid groups (broad SMARTS) is 1. The molecule has 0 unspecified atom stereocenters. The molecule has 0 atom stereocenters. The SMILES string of the molecule is Nc1cc(C(=O)O)nc(C(F)F)c1. The Balaban J connectivity index is 3.19. The highest BCUT2D eigenvalue weighted by Gasteiger charge is 2.13. The van der Waals surface area contributed by atoms with E-state index in [9.17, 15) is 13.6 Å². The smallest absolute Gasteiger partial charge is 0.354 e. The average molecular weight is 188 g/mol. The highest BCUT2D eigenvalue weighted by Crippen LogP contribution is 2.19. The molecule has 70 valence electrons. The fourth-order valence-corrected chi connectivity index (χ4v) is 0.795. The summed E-state index contributed by atoms with van der Waals surface area (Å²) in [6.45, 7) is 0. The number of hydrogen-bond donors (Lipinski definition) is 2. The Morgan fingerprint density at radius 3 is 2.62 bits per heavy atom. The number of anilines is 1. The molecule has 0 fully saturated rings. The predicted molar refractivity (Wildman–Crippen MR) is 40.6 cm³/mol. The van der Waals surface area contributed by atoms with Crippen LogP contribution in [0, 0.1) is 0 Å². The van der Waals surface area contributed by atoms with Crippen molar-refractivity contribution in [3.8, 4) is 0 Å². The maximum absolute atomic E-state index is 12.1. The number of aromatic nitrogens is 1. The molecular weight excluding hydrogens is 182 g/mol. The molecule has 0 spiro atoms. The molecule has 1 rings (SSSR count). The Kier molecular flexibility index (Phi) is 2.41. The van der Waals surface area contributed by atoms with E-state index in [1.54, 1.807) is 0 Å². The van der Waals surface area contributed by atoms with Gasteiger partial charge in [0.25, 0.3) is 6.43 Å². The molecule has 0 saturated heterocycles. The third-order valence-electron chi connectivity index (χ3n) is 1.31. The van der Waals surface area contributed by atoms with Crippen molar-refractivity contribution in [1.29, 1.82) is 0 Å². The molecule has 1 heterocycles. The minimum atomic E-state index is -2.82. The van der Waals surface area contributed by atoms with Crippen LogP contribution in [0.5, 0.6) is 0 Å². The third-order valence-corrected chi connectivity index (χ3v) is 1.31. The summed E-state index contributed by atoms with van der Waals surface area (Å²) in [7, 11) is 0. The number of carboxylic acids is 1. The van der Waals surface area contributed by atoms with Crippen LogP contribution in [0.3, 0.4) is 0 Å². The van der Waals surface area contributed by atoms with Crippen molar-refractivity contribution < 1.29 is 18.7 Å². The Bertz CT molecular complexity index is 341. The van der Waals surface area contributed by atoms with E-state index in [4.69, 9.17) is 10.8 Å². The van der Waals surface area contributed by atoms with Gasteiger partial charge in [-0.1, -0.05) is 0 Å². The first kappa shape index (κ1) is 9.37. The topological polar surface area (TPSA) is 76.2 Å². The van der Waals surface area contributed by atoms with E-state index in [1.165, 1.54) is 0 Å². The molecule has 0 bridgehead atoms. The molecule has 0 aliphatic rings. The zero-order valence-corrected chi connectivity index (χ0v) is 6.37. The van der Waals surface area contributed by atoms with Gasteiger partial charge in [0.05, 0.1) is 0 Å². The second-order valence-corrected chi connectivity index (χ2v) is 2.32. The molecule has 0 aliphatic carbocycles. The summed E-state index contributed by atoms with van der Waals surface area (Å²) in [4.78, 5) is 13.6. The number of nitrogens with two attached hydrogens (primary N) is 1. The van der Waals surface area contributed by atoms with Crippen LogP contribution in [0.25, 0.3) is 0 Å². The summed E-state index contributed by atoms with van der Waals surface area (Å²) in [6, 6.07) is 1.96. The zero-order chi connectivity index (χ0) is 10.0. The Morgan fingerprint density at radius 2 is 2.15 bits per heavy atom. The highest BCUT2D eigenvalue weighted by molar-refractivity contribution is 5.86. The standard InChI is InChI=1S/C7H6F2N2O2/c8-6(9)4-1-3(10)2-5(11-4)7(12)13/h1-2,6H,(H2,10,11)(H,12,13). The number of rotatable bonds is 2. The molecule has 4 nitrogen and oxygen atoms in total. The highest BCUT2D eigenvalue weighted by atomic mass is 19.3. The summed E-state index contributed by atoms with van der Waals surface area (Å²) < 4.78 is 24.2. The fourth-order valence-electron chi connectivity index (χ4n) is 0.795. The maximum atomic E-state index is 12.1. The van der Waals surface area contributed by atoms with Crippen LogP contribution in [0.15, 0.2) is 12.1 Å². The van der Waals surface area contributed by atoms with Crippen molar-refractivity contribution >= 4 is 11.7 Å². The van der Waals surface area contributed by atoms with Gasteiger partial charge in [0.15, 0.2) is 5.69 Å². The van der Waals surface area contributed by atoms with Crippen molar-refractivity contribution in [3.63, 3.8) is 0 Å². The van der Waals surface area contributed by atoms with Crippen LogP contribution in [-0.4, -0.2) is 16.1 Å². The second kappa shape index (κ2) is 3.34. The van der Waals surface area contributed by atoms with E-state index in [1.807, 2.05) is 0 Å². The molecule has 0 amide bonds. The molecule has 0 radical (unpaired) electrons. The van der Waals surface area contributed by atoms with Crippen LogP contribution >= 0.6 is 0 Å². The average Bonchev–Trinajstić information content (AvgIpc) is 2.03. The van der Waals surface area contributed by atoms with E-state index in [2.05, 4.69) is 4.98 Å². The summed E-state index contributed by atoms with van der Waals surface area (Å²) >= 11 is 0. The molecule has 1 aromatic heterocycles. The number of aromatic carboxylic acids is 1. The second-order valence-electron chi connectivity index (χ2n) is 2.32. The van der Waals surface area contributed by atoms with Gasteiger partial charge >= 0.3 is 5.97 Å². The fraction of sp³-hybridized carbons (Fsp3) is 0.143. The summed E-state index contributed by atoms with van der Waals surface area (Å²) in [5.41, 5.74) is 4.06. The monoisotopic (exact) mass is 188 g/mol. The lowest BCUT2D eigenvalue weighted by Crippen LogP contribution is -2.05. The van der Waals surface area contributed by atoms with Crippen molar-refractivity contribution in [2.75, 3.05) is 5.73 Å².